The van der Waals surface area contributed by atoms with E-state index < -0.39 is 0 Å². The van der Waals surface area contributed by atoms with Crippen molar-refractivity contribution in [2.45, 2.75) is 12.8 Å². The number of thiazole rings is 1. The second-order valence-electron chi connectivity index (χ2n) is 5.08. The van der Waals surface area contributed by atoms with E-state index in [1.54, 1.807) is 4.90 Å². The number of fused-ring (bicyclic) bond motifs is 1. The van der Waals surface area contributed by atoms with E-state index in [-0.39, 0.29) is 17.9 Å². The third-order valence-electron chi connectivity index (χ3n) is 3.69. The number of carbonyl (C=O) groups excluding carboxylic acids is 2. The second kappa shape index (κ2) is 5.69. The van der Waals surface area contributed by atoms with Gasteiger partial charge in [-0.25, -0.2) is 9.78 Å². The number of urea groups is 1. The lowest BCUT2D eigenvalue weighted by Gasteiger charge is -2.30. The highest BCUT2D eigenvalue weighted by atomic mass is 32.1. The van der Waals surface area contributed by atoms with E-state index in [4.69, 9.17) is 5.73 Å². The number of primary amides is 1. The largest absolute Gasteiger partial charge is 0.369 e. The lowest BCUT2D eigenvalue weighted by atomic mass is 9.96. The Balaban J connectivity index is 1.63. The molecule has 21 heavy (non-hydrogen) atoms. The molecule has 1 aromatic carbocycles. The van der Waals surface area contributed by atoms with Crippen LogP contribution in [0.3, 0.4) is 0 Å². The summed E-state index contributed by atoms with van der Waals surface area (Å²) in [6.07, 6.45) is 1.26. The number of benzene rings is 1. The summed E-state index contributed by atoms with van der Waals surface area (Å²) in [5.41, 5.74) is 6.17. The molecule has 0 atom stereocenters. The Kier molecular flexibility index (Phi) is 3.74. The molecule has 7 heteroatoms. The van der Waals surface area contributed by atoms with Crippen molar-refractivity contribution in [2.75, 3.05) is 18.4 Å². The molecule has 0 radical (unpaired) electrons. The Labute approximate surface area is 125 Å². The third kappa shape index (κ3) is 2.97. The summed E-state index contributed by atoms with van der Waals surface area (Å²) in [6.45, 7) is 1.09. The average molecular weight is 304 g/mol. The number of carbonyl (C=O) groups is 2. The quantitative estimate of drug-likeness (QED) is 0.889. The van der Waals surface area contributed by atoms with Gasteiger partial charge in [-0.2, -0.15) is 0 Å². The SMILES string of the molecule is NC(=O)C1CCN(C(=O)Nc2nc3ccccc3s2)CC1. The molecule has 1 aliphatic heterocycles. The highest BCUT2D eigenvalue weighted by Crippen LogP contribution is 2.26. The van der Waals surface area contributed by atoms with E-state index >= 15 is 0 Å². The third-order valence-corrected chi connectivity index (χ3v) is 4.64. The van der Waals surface area contributed by atoms with Gasteiger partial charge >= 0.3 is 6.03 Å². The number of aromatic nitrogens is 1. The highest BCUT2D eigenvalue weighted by molar-refractivity contribution is 7.22. The molecule has 1 aliphatic rings. The van der Waals surface area contributed by atoms with Gasteiger partial charge in [0, 0.05) is 19.0 Å². The van der Waals surface area contributed by atoms with Gasteiger partial charge in [0.15, 0.2) is 5.13 Å². The number of piperidine rings is 1. The number of likely N-dealkylation sites (tertiary alicyclic amines) is 1. The standard InChI is InChI=1S/C14H16N4O2S/c15-12(19)9-5-7-18(8-6-9)14(20)17-13-16-10-3-1-2-4-11(10)21-13/h1-4,9H,5-8H2,(H2,15,19)(H,16,17,20). The minimum Gasteiger partial charge on any atom is -0.369 e. The average Bonchev–Trinajstić information content (AvgIpc) is 2.89. The summed E-state index contributed by atoms with van der Waals surface area (Å²) in [6, 6.07) is 7.58. The topological polar surface area (TPSA) is 88.3 Å². The summed E-state index contributed by atoms with van der Waals surface area (Å²) in [7, 11) is 0. The Morgan fingerprint density at radius 2 is 2.00 bits per heavy atom. The van der Waals surface area contributed by atoms with Crippen molar-refractivity contribution in [3.05, 3.63) is 24.3 Å². The van der Waals surface area contributed by atoms with Gasteiger partial charge in [0.1, 0.15) is 0 Å². The highest BCUT2D eigenvalue weighted by Gasteiger charge is 2.26. The van der Waals surface area contributed by atoms with Crippen LogP contribution in [0.5, 0.6) is 0 Å². The van der Waals surface area contributed by atoms with Crippen molar-refractivity contribution in [3.63, 3.8) is 0 Å². The van der Waals surface area contributed by atoms with Gasteiger partial charge < -0.3 is 10.6 Å². The Bertz CT molecular complexity index is 643. The summed E-state index contributed by atoms with van der Waals surface area (Å²) >= 11 is 1.45. The Morgan fingerprint density at radius 3 is 2.67 bits per heavy atom. The maximum atomic E-state index is 12.2. The molecule has 0 aliphatic carbocycles. The summed E-state index contributed by atoms with van der Waals surface area (Å²) in [5.74, 6) is -0.391. The molecule has 1 aromatic heterocycles. The number of hydrogen-bond acceptors (Lipinski definition) is 4. The summed E-state index contributed by atoms with van der Waals surface area (Å²) in [4.78, 5) is 29.4. The van der Waals surface area contributed by atoms with Crippen LogP contribution >= 0.6 is 11.3 Å². The van der Waals surface area contributed by atoms with Gasteiger partial charge in [-0.15, -0.1) is 0 Å². The number of nitrogens with one attached hydrogen (secondary N) is 1. The lowest BCUT2D eigenvalue weighted by molar-refractivity contribution is -0.122. The number of rotatable bonds is 2. The minimum atomic E-state index is -0.277. The Morgan fingerprint density at radius 1 is 1.29 bits per heavy atom. The first-order valence-corrected chi connectivity index (χ1v) is 7.66. The number of para-hydroxylation sites is 1. The van der Waals surface area contributed by atoms with Gasteiger partial charge in [0.05, 0.1) is 10.2 Å². The van der Waals surface area contributed by atoms with Crippen LogP contribution in [0.25, 0.3) is 10.2 Å². The summed E-state index contributed by atoms with van der Waals surface area (Å²) in [5, 5.41) is 3.42. The predicted molar refractivity (Wildman–Crippen MR) is 82.1 cm³/mol. The van der Waals surface area contributed by atoms with Crippen LogP contribution in [0.4, 0.5) is 9.93 Å². The lowest BCUT2D eigenvalue weighted by Crippen LogP contribution is -2.43. The normalized spacial score (nSPS) is 16.1. The molecule has 2 aromatic rings. The molecule has 3 N–H and O–H groups in total. The van der Waals surface area contributed by atoms with Gasteiger partial charge in [-0.05, 0) is 25.0 Å². The first kappa shape index (κ1) is 13.8. The molecule has 3 amide bonds. The molecular formula is C14H16N4O2S. The van der Waals surface area contributed by atoms with Crippen molar-refractivity contribution in [3.8, 4) is 0 Å². The zero-order valence-corrected chi connectivity index (χ0v) is 12.2. The molecule has 2 heterocycles. The van der Waals surface area contributed by atoms with Crippen molar-refractivity contribution in [1.29, 1.82) is 0 Å². The monoisotopic (exact) mass is 304 g/mol. The zero-order valence-electron chi connectivity index (χ0n) is 11.4. The molecule has 0 bridgehead atoms. The molecule has 3 rings (SSSR count). The van der Waals surface area contributed by atoms with Gasteiger partial charge in [0.25, 0.3) is 0 Å². The fourth-order valence-corrected chi connectivity index (χ4v) is 3.32. The summed E-state index contributed by atoms with van der Waals surface area (Å²) < 4.78 is 1.04. The smallest absolute Gasteiger partial charge is 0.323 e. The Hall–Kier alpha value is -2.15. The fraction of sp³-hybridized carbons (Fsp3) is 0.357. The van der Waals surface area contributed by atoms with Crippen LogP contribution in [0.15, 0.2) is 24.3 Å². The van der Waals surface area contributed by atoms with Crippen molar-refractivity contribution < 1.29 is 9.59 Å². The van der Waals surface area contributed by atoms with E-state index in [0.717, 1.165) is 10.2 Å². The number of anilines is 1. The van der Waals surface area contributed by atoms with Crippen LogP contribution in [-0.2, 0) is 4.79 Å². The van der Waals surface area contributed by atoms with Crippen LogP contribution in [-0.4, -0.2) is 34.9 Å². The van der Waals surface area contributed by atoms with E-state index in [1.807, 2.05) is 24.3 Å². The fourth-order valence-electron chi connectivity index (χ4n) is 2.46. The van der Waals surface area contributed by atoms with Gasteiger partial charge in [-0.1, -0.05) is 23.5 Å². The maximum Gasteiger partial charge on any atom is 0.323 e. The molecule has 0 spiro atoms. The van der Waals surface area contributed by atoms with Crippen molar-refractivity contribution in [1.82, 2.24) is 9.88 Å². The molecule has 0 unspecified atom stereocenters. The molecule has 1 fully saturated rings. The molecule has 1 saturated heterocycles. The predicted octanol–water partition coefficient (Wildman–Crippen LogP) is 2.03. The zero-order chi connectivity index (χ0) is 14.8. The van der Waals surface area contributed by atoms with Gasteiger partial charge in [0.2, 0.25) is 5.91 Å². The second-order valence-corrected chi connectivity index (χ2v) is 6.11. The van der Waals surface area contributed by atoms with Crippen LogP contribution in [0, 0.1) is 5.92 Å². The molecule has 6 nitrogen and oxygen atoms in total. The number of nitrogens with zero attached hydrogens (tertiary/aromatic N) is 2. The first-order chi connectivity index (χ1) is 10.1. The van der Waals surface area contributed by atoms with E-state index in [2.05, 4.69) is 10.3 Å². The van der Waals surface area contributed by atoms with Crippen LogP contribution < -0.4 is 11.1 Å². The molecule has 0 saturated carbocycles. The van der Waals surface area contributed by atoms with Crippen LogP contribution in [0.1, 0.15) is 12.8 Å². The van der Waals surface area contributed by atoms with Crippen LogP contribution in [0.2, 0.25) is 0 Å². The number of nitrogens with two attached hydrogens (primary N) is 1. The van der Waals surface area contributed by atoms with Crippen molar-refractivity contribution in [2.24, 2.45) is 11.7 Å². The molecular weight excluding hydrogens is 288 g/mol. The van der Waals surface area contributed by atoms with E-state index in [0.29, 0.717) is 31.1 Å². The minimum absolute atomic E-state index is 0.114. The number of hydrogen-bond donors (Lipinski definition) is 2. The van der Waals surface area contributed by atoms with E-state index in [1.165, 1.54) is 11.3 Å². The number of amides is 3. The van der Waals surface area contributed by atoms with Crippen molar-refractivity contribution >= 4 is 38.6 Å². The molecule has 110 valence electrons. The maximum absolute atomic E-state index is 12.2. The van der Waals surface area contributed by atoms with Gasteiger partial charge in [-0.3, -0.25) is 10.1 Å². The first-order valence-electron chi connectivity index (χ1n) is 6.84. The van der Waals surface area contributed by atoms with E-state index in [9.17, 15) is 9.59 Å².